The predicted molar refractivity (Wildman–Crippen MR) is 141 cm³/mol. The Bertz CT molecular complexity index is 1440. The van der Waals surface area contributed by atoms with Gasteiger partial charge in [-0.25, -0.2) is 4.39 Å². The number of hydrogen-bond acceptors (Lipinski definition) is 6. The number of hydrogen-bond donors (Lipinski definition) is 1. The fourth-order valence-corrected chi connectivity index (χ4v) is 8.73. The van der Waals surface area contributed by atoms with E-state index in [0.29, 0.717) is 5.57 Å². The van der Waals surface area contributed by atoms with Crippen LogP contribution in [-0.2, 0) is 25.7 Å². The molecule has 0 spiro atoms. The molecule has 0 bridgehead atoms. The van der Waals surface area contributed by atoms with E-state index in [1.165, 1.54) is 22.3 Å². The number of alkyl halides is 3. The minimum Gasteiger partial charge on any atom is -0.505 e. The first-order chi connectivity index (χ1) is 18.0. The number of fused-ring (bicyclic) bond motifs is 4. The number of carbonyl (C=O) groups excluding carboxylic acids is 4. The summed E-state index contributed by atoms with van der Waals surface area (Å²) in [5, 5.41) is 11.7. The molecule has 2 aromatic rings. The molecule has 7 nitrogen and oxygen atoms in total. The summed E-state index contributed by atoms with van der Waals surface area (Å²) in [4.78, 5) is 53.4. The van der Waals surface area contributed by atoms with E-state index in [4.69, 9.17) is 23.2 Å². The molecule has 198 valence electrons. The molecule has 2 saturated heterocycles. The van der Waals surface area contributed by atoms with E-state index in [1.54, 1.807) is 6.08 Å². The Morgan fingerprint density at radius 3 is 2.50 bits per heavy atom. The molecule has 3 heterocycles. The van der Waals surface area contributed by atoms with Crippen LogP contribution >= 0.6 is 50.5 Å². The number of rotatable bonds is 4. The van der Waals surface area contributed by atoms with Crippen LogP contribution < -0.4 is 0 Å². The molecule has 12 heteroatoms. The van der Waals surface area contributed by atoms with E-state index < -0.39 is 56.8 Å². The van der Waals surface area contributed by atoms with Gasteiger partial charge < -0.3 is 5.11 Å². The van der Waals surface area contributed by atoms with Gasteiger partial charge in [-0.3, -0.25) is 29.0 Å². The summed E-state index contributed by atoms with van der Waals surface area (Å²) >= 11 is 18.8. The third-order valence-corrected chi connectivity index (χ3v) is 11.1. The Labute approximate surface area is 239 Å². The number of allylic oxidation sites excluding steroid dienone is 2. The van der Waals surface area contributed by atoms with Gasteiger partial charge in [0.2, 0.25) is 11.8 Å². The molecule has 6 unspecified atom stereocenters. The Hall–Kier alpha value is -2.27. The number of nitrogens with zero attached hydrogens (tertiary/aromatic N) is 2. The maximum absolute atomic E-state index is 14.6. The summed E-state index contributed by atoms with van der Waals surface area (Å²) in [5.74, 6) is -6.82. The molecule has 4 aliphatic rings. The van der Waals surface area contributed by atoms with Gasteiger partial charge in [0, 0.05) is 10.8 Å². The van der Waals surface area contributed by atoms with Gasteiger partial charge in [-0.1, -0.05) is 39.7 Å². The van der Waals surface area contributed by atoms with Crippen LogP contribution in [0.2, 0.25) is 0 Å². The van der Waals surface area contributed by atoms with Crippen molar-refractivity contribution in [3.05, 3.63) is 63.6 Å². The zero-order valence-electron chi connectivity index (χ0n) is 19.6. The number of thiophene rings is 1. The SMILES string of the molecule is O=C1C2CC=C3C(CC4(Cl)C(=O)N(CBr)C(=O)C4(Cl)C3c3ccc(O)c(F)c3)C2C(=O)N1Cc1cccs1. The molecule has 1 saturated carbocycles. The summed E-state index contributed by atoms with van der Waals surface area (Å²) in [6.07, 6.45) is 1.88. The summed E-state index contributed by atoms with van der Waals surface area (Å²) in [5.41, 5.74) is 0.658. The lowest BCUT2D eigenvalue weighted by molar-refractivity contribution is -0.141. The molecule has 6 rings (SSSR count). The molecule has 3 fully saturated rings. The molecule has 6 atom stereocenters. The summed E-state index contributed by atoms with van der Waals surface area (Å²) in [6.45, 7) is 0.150. The van der Waals surface area contributed by atoms with E-state index in [-0.39, 0.29) is 42.2 Å². The molecule has 38 heavy (non-hydrogen) atoms. The van der Waals surface area contributed by atoms with Gasteiger partial charge in [-0.2, -0.15) is 0 Å². The first-order valence-corrected chi connectivity index (χ1v) is 14.7. The van der Waals surface area contributed by atoms with E-state index in [2.05, 4.69) is 15.9 Å². The molecule has 1 aromatic carbocycles. The minimum atomic E-state index is -2.01. The molecular weight excluding hydrogens is 622 g/mol. The maximum atomic E-state index is 14.6. The van der Waals surface area contributed by atoms with Crippen molar-refractivity contribution in [3.8, 4) is 5.75 Å². The fraction of sp³-hybridized carbons (Fsp3) is 0.385. The number of imide groups is 2. The zero-order chi connectivity index (χ0) is 27.1. The van der Waals surface area contributed by atoms with Gasteiger partial charge in [0.15, 0.2) is 21.3 Å². The van der Waals surface area contributed by atoms with Crippen molar-refractivity contribution in [2.45, 2.75) is 35.1 Å². The monoisotopic (exact) mass is 640 g/mol. The standard InChI is InChI=1S/C26H20BrCl2FN2O5S/c27-11-32-23(36)25(28)9-16-14(20(26(25,29)24(32)37)12-3-6-18(33)17(30)8-12)4-5-15-19(16)22(35)31(21(15)34)10-13-2-1-7-38-13/h1-4,6-8,15-16,19-20,33H,5,9-11H2. The topological polar surface area (TPSA) is 95.0 Å². The highest BCUT2D eigenvalue weighted by Gasteiger charge is 2.76. The van der Waals surface area contributed by atoms with Crippen LogP contribution in [0.4, 0.5) is 4.39 Å². The van der Waals surface area contributed by atoms with Crippen molar-refractivity contribution >= 4 is 74.1 Å². The van der Waals surface area contributed by atoms with Gasteiger partial charge in [0.1, 0.15) is 0 Å². The maximum Gasteiger partial charge on any atom is 0.254 e. The molecule has 2 aliphatic heterocycles. The molecule has 1 aromatic heterocycles. The van der Waals surface area contributed by atoms with Crippen LogP contribution in [0.3, 0.4) is 0 Å². The van der Waals surface area contributed by atoms with E-state index in [0.717, 1.165) is 21.9 Å². The number of halogens is 4. The lowest BCUT2D eigenvalue weighted by atomic mass is 9.56. The highest BCUT2D eigenvalue weighted by Crippen LogP contribution is 2.65. The summed E-state index contributed by atoms with van der Waals surface area (Å²) in [7, 11) is 0. The van der Waals surface area contributed by atoms with Gasteiger partial charge >= 0.3 is 0 Å². The second kappa shape index (κ2) is 8.87. The fourth-order valence-electron chi connectivity index (χ4n) is 6.61. The van der Waals surface area contributed by atoms with Gasteiger partial charge in [0.25, 0.3) is 11.8 Å². The molecular formula is C26H20BrCl2FN2O5S. The second-order valence-electron chi connectivity index (χ2n) is 10.0. The van der Waals surface area contributed by atoms with Crippen LogP contribution in [-0.4, -0.2) is 53.7 Å². The minimum absolute atomic E-state index is 0.137. The van der Waals surface area contributed by atoms with Crippen LogP contribution in [0.25, 0.3) is 0 Å². The van der Waals surface area contributed by atoms with Gasteiger partial charge in [0.05, 0.1) is 23.8 Å². The van der Waals surface area contributed by atoms with Crippen LogP contribution in [0.1, 0.15) is 29.2 Å². The van der Waals surface area contributed by atoms with Crippen LogP contribution in [0.15, 0.2) is 47.4 Å². The van der Waals surface area contributed by atoms with Crippen LogP contribution in [0, 0.1) is 23.6 Å². The first-order valence-electron chi connectivity index (χ1n) is 11.9. The van der Waals surface area contributed by atoms with Crippen molar-refractivity contribution in [1.82, 2.24) is 9.80 Å². The van der Waals surface area contributed by atoms with Crippen molar-refractivity contribution in [2.24, 2.45) is 17.8 Å². The number of aromatic hydroxyl groups is 1. The molecule has 0 radical (unpaired) electrons. The number of phenolic OH excluding ortho intramolecular Hbond substituents is 1. The Morgan fingerprint density at radius 1 is 1.08 bits per heavy atom. The van der Waals surface area contributed by atoms with E-state index >= 15 is 0 Å². The first kappa shape index (κ1) is 26.0. The molecule has 2 aliphatic carbocycles. The number of carbonyl (C=O) groups is 4. The number of phenols is 1. The highest BCUT2D eigenvalue weighted by molar-refractivity contribution is 9.09. The van der Waals surface area contributed by atoms with Crippen molar-refractivity contribution in [1.29, 1.82) is 0 Å². The lowest BCUT2D eigenvalue weighted by Gasteiger charge is -2.50. The normalized spacial score (nSPS) is 34.4. The number of amides is 4. The average molecular weight is 642 g/mol. The molecule has 1 N–H and O–H groups in total. The van der Waals surface area contributed by atoms with Crippen molar-refractivity contribution in [3.63, 3.8) is 0 Å². The second-order valence-corrected chi connectivity index (χ2v) is 12.8. The number of benzene rings is 1. The summed E-state index contributed by atoms with van der Waals surface area (Å²) < 4.78 is 14.6. The Balaban J connectivity index is 1.50. The van der Waals surface area contributed by atoms with E-state index in [1.807, 2.05) is 17.5 Å². The number of likely N-dealkylation sites (tertiary alicyclic amines) is 2. The van der Waals surface area contributed by atoms with Crippen molar-refractivity contribution < 1.29 is 28.7 Å². The van der Waals surface area contributed by atoms with Gasteiger partial charge in [-0.05, 0) is 47.9 Å². The average Bonchev–Trinajstić information content (AvgIpc) is 3.53. The predicted octanol–water partition coefficient (Wildman–Crippen LogP) is 4.50. The lowest BCUT2D eigenvalue weighted by Crippen LogP contribution is -2.60. The quantitative estimate of drug-likeness (QED) is 0.230. The van der Waals surface area contributed by atoms with Gasteiger partial charge in [-0.15, -0.1) is 34.5 Å². The Kier molecular flexibility index (Phi) is 6.07. The smallest absolute Gasteiger partial charge is 0.254 e. The zero-order valence-corrected chi connectivity index (χ0v) is 23.5. The van der Waals surface area contributed by atoms with Crippen molar-refractivity contribution in [2.75, 3.05) is 5.45 Å². The highest BCUT2D eigenvalue weighted by atomic mass is 79.9. The Morgan fingerprint density at radius 2 is 1.84 bits per heavy atom. The molecule has 4 amide bonds. The van der Waals surface area contributed by atoms with E-state index in [9.17, 15) is 28.7 Å². The third-order valence-electron chi connectivity index (χ3n) is 8.31. The third kappa shape index (κ3) is 3.29. The summed E-state index contributed by atoms with van der Waals surface area (Å²) in [6, 6.07) is 7.33. The van der Waals surface area contributed by atoms with Crippen LogP contribution in [0.5, 0.6) is 5.75 Å². The largest absolute Gasteiger partial charge is 0.505 e.